The number of aliphatic hydroxyl groups is 1. The monoisotopic (exact) mass is 595 g/mol. The Hall–Kier alpha value is -3.28. The highest BCUT2D eigenvalue weighted by atomic mass is 28.4. The van der Waals surface area contributed by atoms with E-state index in [2.05, 4.69) is 0 Å². The molecule has 1 N–H and O–H groups in total. The Balaban J connectivity index is 1.33. The molecule has 0 radical (unpaired) electrons. The van der Waals surface area contributed by atoms with Crippen molar-refractivity contribution in [2.24, 2.45) is 5.92 Å². The van der Waals surface area contributed by atoms with Gasteiger partial charge in [-0.1, -0.05) is 37.3 Å². The second kappa shape index (κ2) is 10.8. The molecule has 0 saturated carbocycles. The number of hydrogen-bond donors (Lipinski definition) is 1. The molecule has 6 rings (SSSR count). The predicted molar refractivity (Wildman–Crippen MR) is 157 cm³/mol. The lowest BCUT2D eigenvalue weighted by Crippen LogP contribution is -2.45. The van der Waals surface area contributed by atoms with Crippen LogP contribution in [-0.2, 0) is 31.2 Å². The van der Waals surface area contributed by atoms with Gasteiger partial charge in [0, 0.05) is 29.3 Å². The van der Waals surface area contributed by atoms with E-state index in [4.69, 9.17) is 9.47 Å². The van der Waals surface area contributed by atoms with Crippen molar-refractivity contribution >= 4 is 37.7 Å². The molecule has 5 atom stereocenters. The molecule has 3 fully saturated rings. The lowest BCUT2D eigenvalue weighted by atomic mass is 9.82. The van der Waals surface area contributed by atoms with Crippen LogP contribution < -0.4 is 9.80 Å². The molecular formula is C31H38FN3O6Si. The Kier molecular flexibility index (Phi) is 7.39. The number of likely N-dealkylation sites (tertiary alicyclic amines) is 1. The summed E-state index contributed by atoms with van der Waals surface area (Å²) >= 11 is 0. The first-order chi connectivity index (χ1) is 20.1. The van der Waals surface area contributed by atoms with Gasteiger partial charge in [0.05, 0.1) is 44.0 Å². The number of ether oxygens (including phenoxy) is 2. The molecule has 0 aromatic heterocycles. The summed E-state index contributed by atoms with van der Waals surface area (Å²) < 4.78 is 27.9. The third-order valence-corrected chi connectivity index (χ3v) is 11.9. The number of halogens is 1. The fraction of sp³-hybridized carbons (Fsp3) is 0.516. The third-order valence-electron chi connectivity index (χ3n) is 9.48. The van der Waals surface area contributed by atoms with Crippen LogP contribution in [0.25, 0.3) is 0 Å². The van der Waals surface area contributed by atoms with Gasteiger partial charge < -0.3 is 28.5 Å². The fourth-order valence-electron chi connectivity index (χ4n) is 7.63. The van der Waals surface area contributed by atoms with E-state index in [1.165, 1.54) is 0 Å². The van der Waals surface area contributed by atoms with Crippen molar-refractivity contribution in [1.29, 1.82) is 0 Å². The van der Waals surface area contributed by atoms with Gasteiger partial charge in [-0.2, -0.15) is 0 Å². The lowest BCUT2D eigenvalue weighted by molar-refractivity contribution is -0.150. The molecule has 224 valence electrons. The van der Waals surface area contributed by atoms with Gasteiger partial charge in [-0.05, 0) is 49.7 Å². The highest BCUT2D eigenvalue weighted by Crippen LogP contribution is 2.60. The molecule has 0 unspecified atom stereocenters. The molecule has 0 aliphatic carbocycles. The van der Waals surface area contributed by atoms with E-state index in [1.807, 2.05) is 55.5 Å². The van der Waals surface area contributed by atoms with E-state index in [-0.39, 0.29) is 37.4 Å². The standard InChI is InChI=1S/C31H38FN3O6Si/c1-20-28(42(2,3)32)26(17-27(37)33-13-7-10-23(33)19-36)41-31(20)24-11-4-5-12-25(24)35(29(31)38)18-21-8-6-9-22(16-21)34-14-15-40-30(34)39/h4-6,8-9,11-12,16,20,23,26,28,36H,7,10,13-15,17-19H2,1-3H3/t20-,23+,26+,28-,31+/m1/s1. The summed E-state index contributed by atoms with van der Waals surface area (Å²) in [6.07, 6.45) is 0.362. The summed E-state index contributed by atoms with van der Waals surface area (Å²) in [4.78, 5) is 45.1. The summed E-state index contributed by atoms with van der Waals surface area (Å²) in [6.45, 7) is 6.61. The number of anilines is 2. The van der Waals surface area contributed by atoms with Crippen molar-refractivity contribution in [3.05, 3.63) is 59.7 Å². The number of benzene rings is 2. The topological polar surface area (TPSA) is 99.6 Å². The largest absolute Gasteiger partial charge is 0.447 e. The zero-order valence-corrected chi connectivity index (χ0v) is 25.3. The molecule has 4 aliphatic heterocycles. The minimum Gasteiger partial charge on any atom is -0.447 e. The number of amides is 3. The normalized spacial score (nSPS) is 29.1. The van der Waals surface area contributed by atoms with Gasteiger partial charge in [-0.25, -0.2) is 4.79 Å². The average Bonchev–Trinajstić information content (AvgIpc) is 3.72. The molecule has 11 heteroatoms. The van der Waals surface area contributed by atoms with Crippen molar-refractivity contribution in [2.75, 3.05) is 36.1 Å². The molecule has 3 amide bonds. The summed E-state index contributed by atoms with van der Waals surface area (Å²) in [6, 6.07) is 14.7. The minimum absolute atomic E-state index is 0.0307. The fourth-order valence-corrected chi connectivity index (χ4v) is 10.1. The number of fused-ring (bicyclic) bond motifs is 2. The zero-order chi connectivity index (χ0) is 29.8. The van der Waals surface area contributed by atoms with Gasteiger partial charge in [0.15, 0.2) is 5.60 Å². The summed E-state index contributed by atoms with van der Waals surface area (Å²) in [7, 11) is -3.42. The number of para-hydroxylation sites is 1. The molecule has 1 spiro atoms. The van der Waals surface area contributed by atoms with E-state index in [0.29, 0.717) is 36.6 Å². The van der Waals surface area contributed by atoms with Gasteiger partial charge >= 0.3 is 6.09 Å². The Labute approximate surface area is 246 Å². The quantitative estimate of drug-likeness (QED) is 0.378. The van der Waals surface area contributed by atoms with Gasteiger partial charge in [-0.15, -0.1) is 0 Å². The van der Waals surface area contributed by atoms with Crippen LogP contribution in [0.5, 0.6) is 0 Å². The molecule has 4 aliphatic rings. The van der Waals surface area contributed by atoms with Crippen molar-refractivity contribution in [3.63, 3.8) is 0 Å². The second-order valence-corrected chi connectivity index (χ2v) is 16.2. The van der Waals surface area contributed by atoms with Crippen molar-refractivity contribution in [2.45, 2.75) is 69.1 Å². The van der Waals surface area contributed by atoms with Crippen molar-refractivity contribution in [1.82, 2.24) is 4.90 Å². The van der Waals surface area contributed by atoms with Crippen molar-refractivity contribution < 1.29 is 33.1 Å². The highest BCUT2D eigenvalue weighted by molar-refractivity contribution is 6.72. The molecule has 42 heavy (non-hydrogen) atoms. The maximum absolute atomic E-state index is 16.1. The van der Waals surface area contributed by atoms with Crippen LogP contribution in [0, 0.1) is 5.92 Å². The van der Waals surface area contributed by atoms with Gasteiger partial charge in [-0.3, -0.25) is 14.5 Å². The highest BCUT2D eigenvalue weighted by Gasteiger charge is 2.67. The smallest absolute Gasteiger partial charge is 0.414 e. The van der Waals surface area contributed by atoms with E-state index in [1.54, 1.807) is 27.8 Å². The number of aliphatic hydroxyl groups excluding tert-OH is 1. The number of rotatable bonds is 7. The Bertz CT molecular complexity index is 1400. The van der Waals surface area contributed by atoms with Crippen LogP contribution in [0.15, 0.2) is 48.5 Å². The first kappa shape index (κ1) is 28.8. The number of nitrogens with zero attached hydrogens (tertiary/aromatic N) is 3. The third kappa shape index (κ3) is 4.62. The number of carbonyl (C=O) groups is 3. The van der Waals surface area contributed by atoms with Crippen LogP contribution in [0.3, 0.4) is 0 Å². The SMILES string of the molecule is C[C@@H]1[C@@H]([Si](C)(C)F)[C@H](CC(=O)N2CCC[C@H]2CO)O[C@@]12C(=O)N(Cc1cccc(N3CCOC3=O)c1)c1ccccc12. The van der Waals surface area contributed by atoms with Gasteiger partial charge in [0.2, 0.25) is 14.3 Å². The molecule has 0 bridgehead atoms. The maximum atomic E-state index is 16.1. The van der Waals surface area contributed by atoms with E-state index < -0.39 is 37.7 Å². The van der Waals surface area contributed by atoms with E-state index in [0.717, 1.165) is 18.4 Å². The molecule has 3 saturated heterocycles. The molecule has 4 heterocycles. The van der Waals surface area contributed by atoms with E-state index >= 15 is 4.11 Å². The summed E-state index contributed by atoms with van der Waals surface area (Å²) in [5.74, 6) is -0.940. The Morgan fingerprint density at radius 3 is 2.64 bits per heavy atom. The second-order valence-electron chi connectivity index (χ2n) is 12.4. The summed E-state index contributed by atoms with van der Waals surface area (Å²) in [5.41, 5.74) is 0.907. The zero-order valence-electron chi connectivity index (χ0n) is 24.3. The van der Waals surface area contributed by atoms with Crippen LogP contribution in [0.2, 0.25) is 18.6 Å². The minimum atomic E-state index is -3.42. The average molecular weight is 596 g/mol. The van der Waals surface area contributed by atoms with Crippen molar-refractivity contribution in [3.8, 4) is 0 Å². The molecule has 2 aromatic carbocycles. The Morgan fingerprint density at radius 1 is 1.14 bits per heavy atom. The van der Waals surface area contributed by atoms with Crippen LogP contribution in [-0.4, -0.2) is 74.8 Å². The number of carbonyl (C=O) groups excluding carboxylic acids is 3. The van der Waals surface area contributed by atoms with Crippen LogP contribution in [0.4, 0.5) is 20.3 Å². The molecule has 9 nitrogen and oxygen atoms in total. The summed E-state index contributed by atoms with van der Waals surface area (Å²) in [5, 5.41) is 9.77. The Morgan fingerprint density at radius 2 is 1.93 bits per heavy atom. The first-order valence-electron chi connectivity index (χ1n) is 14.8. The lowest BCUT2D eigenvalue weighted by Gasteiger charge is -2.31. The van der Waals surface area contributed by atoms with Gasteiger partial charge in [0.25, 0.3) is 5.91 Å². The van der Waals surface area contributed by atoms with Crippen LogP contribution in [0.1, 0.15) is 37.3 Å². The predicted octanol–water partition coefficient (Wildman–Crippen LogP) is 4.34. The number of hydrogen-bond acceptors (Lipinski definition) is 6. The molecular weight excluding hydrogens is 557 g/mol. The van der Waals surface area contributed by atoms with E-state index in [9.17, 15) is 19.5 Å². The number of cyclic esters (lactones) is 1. The molecule has 2 aromatic rings. The van der Waals surface area contributed by atoms with Gasteiger partial charge in [0.1, 0.15) is 6.61 Å². The van der Waals surface area contributed by atoms with Crippen LogP contribution >= 0.6 is 0 Å². The maximum Gasteiger partial charge on any atom is 0.414 e. The first-order valence-corrected chi connectivity index (χ1v) is 17.7.